The molecule has 0 N–H and O–H groups in total. The maximum atomic E-state index is 6.22. The van der Waals surface area contributed by atoms with Gasteiger partial charge in [0, 0.05) is 21.9 Å². The summed E-state index contributed by atoms with van der Waals surface area (Å²) < 4.78 is 6.22. The number of benzene rings is 3. The predicted octanol–water partition coefficient (Wildman–Crippen LogP) is 6.05. The average molecular weight is 345 g/mol. The molecule has 0 aliphatic heterocycles. The maximum absolute atomic E-state index is 6.22. The molecular formula is C25H15NO. The minimum Gasteiger partial charge on any atom is -0.453 e. The van der Waals surface area contributed by atoms with Crippen LogP contribution in [-0.4, -0.2) is 4.98 Å². The van der Waals surface area contributed by atoms with Gasteiger partial charge >= 0.3 is 0 Å². The standard InChI is InChI=1S/C25H15NO/c1-3-9-18(10-4-1)15-16-21-24-20-13-7-8-14-22(20)26-17-23(24)27-25(21)19-11-5-2-6-12-19/h1-14,17H. The van der Waals surface area contributed by atoms with Gasteiger partial charge in [-0.25, -0.2) is 0 Å². The smallest absolute Gasteiger partial charge is 0.155 e. The zero-order valence-corrected chi connectivity index (χ0v) is 14.5. The van der Waals surface area contributed by atoms with Crippen LogP contribution in [-0.2, 0) is 0 Å². The molecule has 0 saturated carbocycles. The van der Waals surface area contributed by atoms with Crippen LogP contribution in [0.25, 0.3) is 33.2 Å². The number of fused-ring (bicyclic) bond motifs is 3. The van der Waals surface area contributed by atoms with Crippen LogP contribution in [0.15, 0.2) is 95.5 Å². The third kappa shape index (κ3) is 2.76. The minimum absolute atomic E-state index is 0.755. The van der Waals surface area contributed by atoms with E-state index in [0.29, 0.717) is 0 Å². The van der Waals surface area contributed by atoms with E-state index in [1.807, 2.05) is 78.9 Å². The van der Waals surface area contributed by atoms with Gasteiger partial charge in [0.1, 0.15) is 0 Å². The fourth-order valence-electron chi connectivity index (χ4n) is 3.30. The van der Waals surface area contributed by atoms with E-state index in [-0.39, 0.29) is 0 Å². The van der Waals surface area contributed by atoms with E-state index in [1.54, 1.807) is 6.20 Å². The summed E-state index contributed by atoms with van der Waals surface area (Å²) in [6.07, 6.45) is 1.79. The lowest BCUT2D eigenvalue weighted by atomic mass is 10.0. The summed E-state index contributed by atoms with van der Waals surface area (Å²) in [6, 6.07) is 28.2. The molecule has 2 heteroatoms. The molecule has 2 nitrogen and oxygen atoms in total. The van der Waals surface area contributed by atoms with E-state index >= 15 is 0 Å². The van der Waals surface area contributed by atoms with Gasteiger partial charge in [-0.15, -0.1) is 0 Å². The number of furan rings is 1. The molecule has 0 bridgehead atoms. The van der Waals surface area contributed by atoms with Gasteiger partial charge in [-0.05, 0) is 18.2 Å². The molecule has 126 valence electrons. The van der Waals surface area contributed by atoms with Crippen molar-refractivity contribution in [2.75, 3.05) is 0 Å². The van der Waals surface area contributed by atoms with Crippen LogP contribution in [0.3, 0.4) is 0 Å². The molecule has 0 spiro atoms. The zero-order chi connectivity index (χ0) is 18.1. The molecule has 2 aromatic heterocycles. The first-order valence-electron chi connectivity index (χ1n) is 8.83. The van der Waals surface area contributed by atoms with E-state index < -0.39 is 0 Å². The summed E-state index contributed by atoms with van der Waals surface area (Å²) in [5, 5.41) is 2.07. The van der Waals surface area contributed by atoms with Crippen LogP contribution >= 0.6 is 0 Å². The van der Waals surface area contributed by atoms with Crippen molar-refractivity contribution in [2.45, 2.75) is 0 Å². The van der Waals surface area contributed by atoms with E-state index in [4.69, 9.17) is 4.42 Å². The van der Waals surface area contributed by atoms with Gasteiger partial charge < -0.3 is 4.42 Å². The van der Waals surface area contributed by atoms with Crippen molar-refractivity contribution in [3.05, 3.63) is 102 Å². The maximum Gasteiger partial charge on any atom is 0.155 e. The lowest BCUT2D eigenvalue weighted by molar-refractivity contribution is 0.629. The van der Waals surface area contributed by atoms with Crippen molar-refractivity contribution < 1.29 is 4.42 Å². The summed E-state index contributed by atoms with van der Waals surface area (Å²) >= 11 is 0. The third-order valence-electron chi connectivity index (χ3n) is 4.57. The zero-order valence-electron chi connectivity index (χ0n) is 14.5. The van der Waals surface area contributed by atoms with Crippen molar-refractivity contribution in [2.24, 2.45) is 0 Å². The average Bonchev–Trinajstić information content (AvgIpc) is 3.13. The summed E-state index contributed by atoms with van der Waals surface area (Å²) in [5.41, 5.74) is 4.58. The molecule has 3 aromatic carbocycles. The first-order chi connectivity index (χ1) is 13.4. The molecule has 0 aliphatic carbocycles. The SMILES string of the molecule is C(#Cc1c(-c2ccccc2)oc2cnc3ccccc3c12)c1ccccc1. The van der Waals surface area contributed by atoms with Crippen molar-refractivity contribution in [1.29, 1.82) is 0 Å². The molecular weight excluding hydrogens is 330 g/mol. The molecule has 5 aromatic rings. The Morgan fingerprint density at radius 1 is 0.704 bits per heavy atom. The highest BCUT2D eigenvalue weighted by molar-refractivity contribution is 6.09. The van der Waals surface area contributed by atoms with Gasteiger partial charge in [-0.3, -0.25) is 4.98 Å². The van der Waals surface area contributed by atoms with Gasteiger partial charge in [0.05, 0.1) is 17.3 Å². The van der Waals surface area contributed by atoms with E-state index in [1.165, 1.54) is 0 Å². The number of para-hydroxylation sites is 1. The molecule has 0 unspecified atom stereocenters. The highest BCUT2D eigenvalue weighted by atomic mass is 16.3. The molecule has 0 saturated heterocycles. The largest absolute Gasteiger partial charge is 0.453 e. The second-order valence-electron chi connectivity index (χ2n) is 6.30. The first kappa shape index (κ1) is 15.4. The van der Waals surface area contributed by atoms with Gasteiger partial charge in [0.2, 0.25) is 0 Å². The van der Waals surface area contributed by atoms with Crippen LogP contribution in [0, 0.1) is 11.8 Å². The molecule has 0 amide bonds. The number of aromatic nitrogens is 1. The van der Waals surface area contributed by atoms with Gasteiger partial charge in [-0.2, -0.15) is 0 Å². The number of pyridine rings is 1. The minimum atomic E-state index is 0.755. The second-order valence-corrected chi connectivity index (χ2v) is 6.30. The summed E-state index contributed by atoms with van der Waals surface area (Å²) in [4.78, 5) is 4.53. The Labute approximate surface area is 157 Å². The molecule has 0 fully saturated rings. The summed E-state index contributed by atoms with van der Waals surface area (Å²) in [5.74, 6) is 7.44. The topological polar surface area (TPSA) is 26.0 Å². The van der Waals surface area contributed by atoms with Crippen LogP contribution in [0.4, 0.5) is 0 Å². The van der Waals surface area contributed by atoms with Crippen molar-refractivity contribution in [3.63, 3.8) is 0 Å². The van der Waals surface area contributed by atoms with Crippen LogP contribution in [0.1, 0.15) is 11.1 Å². The number of nitrogens with zero attached hydrogens (tertiary/aromatic N) is 1. The fourth-order valence-corrected chi connectivity index (χ4v) is 3.30. The Hall–Kier alpha value is -3.83. The molecule has 0 aliphatic rings. The molecule has 0 atom stereocenters. The normalized spacial score (nSPS) is 10.7. The molecule has 0 radical (unpaired) electrons. The van der Waals surface area contributed by atoms with E-state index in [0.717, 1.165) is 44.3 Å². The van der Waals surface area contributed by atoms with Crippen molar-refractivity contribution in [1.82, 2.24) is 4.98 Å². The predicted molar refractivity (Wildman–Crippen MR) is 109 cm³/mol. The van der Waals surface area contributed by atoms with Crippen molar-refractivity contribution in [3.8, 4) is 23.2 Å². The van der Waals surface area contributed by atoms with Crippen LogP contribution in [0.5, 0.6) is 0 Å². The van der Waals surface area contributed by atoms with Crippen molar-refractivity contribution >= 4 is 21.9 Å². The lowest BCUT2D eigenvalue weighted by Crippen LogP contribution is -1.83. The van der Waals surface area contributed by atoms with E-state index in [2.05, 4.69) is 22.9 Å². The highest BCUT2D eigenvalue weighted by Gasteiger charge is 2.17. The Kier molecular flexibility index (Phi) is 3.70. The van der Waals surface area contributed by atoms with Gasteiger partial charge in [0.25, 0.3) is 0 Å². The van der Waals surface area contributed by atoms with Crippen LogP contribution in [0.2, 0.25) is 0 Å². The Balaban J connectivity index is 1.84. The molecule has 5 rings (SSSR count). The quantitative estimate of drug-likeness (QED) is 0.346. The summed E-state index contributed by atoms with van der Waals surface area (Å²) in [7, 11) is 0. The monoisotopic (exact) mass is 345 g/mol. The number of hydrogen-bond acceptors (Lipinski definition) is 2. The van der Waals surface area contributed by atoms with E-state index in [9.17, 15) is 0 Å². The second kappa shape index (κ2) is 6.48. The number of rotatable bonds is 1. The Morgan fingerprint density at radius 2 is 1.41 bits per heavy atom. The first-order valence-corrected chi connectivity index (χ1v) is 8.83. The molecule has 27 heavy (non-hydrogen) atoms. The summed E-state index contributed by atoms with van der Waals surface area (Å²) in [6.45, 7) is 0. The third-order valence-corrected chi connectivity index (χ3v) is 4.57. The lowest BCUT2D eigenvalue weighted by Gasteiger charge is -1.99. The van der Waals surface area contributed by atoms with Crippen LogP contribution < -0.4 is 0 Å². The van der Waals surface area contributed by atoms with Gasteiger partial charge in [-0.1, -0.05) is 78.6 Å². The Morgan fingerprint density at radius 3 is 2.22 bits per heavy atom. The fraction of sp³-hybridized carbons (Fsp3) is 0. The Bertz CT molecular complexity index is 1310. The number of hydrogen-bond donors (Lipinski definition) is 0. The molecule has 2 heterocycles. The van der Waals surface area contributed by atoms with Gasteiger partial charge in [0.15, 0.2) is 11.3 Å². The highest BCUT2D eigenvalue weighted by Crippen LogP contribution is 2.36.